The van der Waals surface area contributed by atoms with Gasteiger partial charge in [-0.05, 0) is 58.4 Å². The third-order valence-corrected chi connectivity index (χ3v) is 11.4. The third kappa shape index (κ3) is 13.1. The zero-order chi connectivity index (χ0) is 27.8. The summed E-state index contributed by atoms with van der Waals surface area (Å²) in [5.41, 5.74) is 0.294. The van der Waals surface area contributed by atoms with E-state index in [1.807, 2.05) is 39.8 Å². The lowest BCUT2D eigenvalue weighted by Crippen LogP contribution is -2.32. The molecular weight excluding hydrogens is 542 g/mol. The van der Waals surface area contributed by atoms with Crippen LogP contribution in [-0.4, -0.2) is 49.5 Å². The molecule has 210 valence electrons. The van der Waals surface area contributed by atoms with E-state index >= 15 is 0 Å². The van der Waals surface area contributed by atoms with Crippen molar-refractivity contribution in [2.45, 2.75) is 91.8 Å². The molecule has 0 aliphatic carbocycles. The van der Waals surface area contributed by atoms with Gasteiger partial charge in [0.15, 0.2) is 0 Å². The van der Waals surface area contributed by atoms with Gasteiger partial charge in [-0.2, -0.15) is 16.8 Å². The molecular formula is C24H44O8P2S2. The fraction of sp³-hybridized carbons (Fsp3) is 0.750. The SMILES string of the molecule is CC(C)[C@H](C[C@@H](Pc1ccccc1P[C@H](C[C@H](OS(=O)(=O)O)C(C)C)C(C)C)C(C)C)OS(=O)(=O)O. The van der Waals surface area contributed by atoms with E-state index in [4.69, 9.17) is 8.37 Å². The largest absolute Gasteiger partial charge is 0.397 e. The summed E-state index contributed by atoms with van der Waals surface area (Å²) >= 11 is 0. The molecule has 0 aliphatic heterocycles. The van der Waals surface area contributed by atoms with E-state index in [1.165, 1.54) is 10.6 Å². The van der Waals surface area contributed by atoms with Crippen molar-refractivity contribution in [2.24, 2.45) is 23.7 Å². The Balaban J connectivity index is 3.18. The third-order valence-electron chi connectivity index (χ3n) is 6.17. The van der Waals surface area contributed by atoms with Gasteiger partial charge in [0.1, 0.15) is 0 Å². The minimum absolute atomic E-state index is 0.0869. The van der Waals surface area contributed by atoms with Gasteiger partial charge in [0, 0.05) is 0 Å². The minimum Gasteiger partial charge on any atom is -0.264 e. The fourth-order valence-electron chi connectivity index (χ4n) is 3.79. The van der Waals surface area contributed by atoms with Crippen LogP contribution in [0.1, 0.15) is 68.2 Å². The molecule has 36 heavy (non-hydrogen) atoms. The van der Waals surface area contributed by atoms with Crippen molar-refractivity contribution in [1.82, 2.24) is 0 Å². The topological polar surface area (TPSA) is 127 Å². The minimum atomic E-state index is -4.55. The van der Waals surface area contributed by atoms with Gasteiger partial charge in [-0.15, -0.1) is 0 Å². The summed E-state index contributed by atoms with van der Waals surface area (Å²) in [6.45, 7) is 15.9. The van der Waals surface area contributed by atoms with E-state index in [2.05, 4.69) is 39.8 Å². The summed E-state index contributed by atoms with van der Waals surface area (Å²) in [5, 5.41) is 2.37. The van der Waals surface area contributed by atoms with Gasteiger partial charge in [0.2, 0.25) is 0 Å². The summed E-state index contributed by atoms with van der Waals surface area (Å²) in [6, 6.07) is 8.17. The lowest BCUT2D eigenvalue weighted by Gasteiger charge is -2.30. The molecule has 0 bridgehead atoms. The second kappa shape index (κ2) is 14.8. The molecule has 0 aliphatic rings. The van der Waals surface area contributed by atoms with Gasteiger partial charge in [-0.25, -0.2) is 8.37 Å². The molecule has 0 fully saturated rings. The maximum absolute atomic E-state index is 11.4. The highest BCUT2D eigenvalue weighted by atomic mass is 32.3. The zero-order valence-corrected chi connectivity index (χ0v) is 26.1. The molecule has 1 rings (SSSR count). The quantitative estimate of drug-likeness (QED) is 0.209. The molecule has 2 N–H and O–H groups in total. The van der Waals surface area contributed by atoms with Crippen molar-refractivity contribution >= 4 is 48.6 Å². The van der Waals surface area contributed by atoms with E-state index in [-0.39, 0.29) is 35.0 Å². The molecule has 0 saturated carbocycles. The van der Waals surface area contributed by atoms with Gasteiger partial charge >= 0.3 is 20.8 Å². The average molecular weight is 587 g/mol. The van der Waals surface area contributed by atoms with Gasteiger partial charge in [-0.3, -0.25) is 9.11 Å². The standard InChI is InChI=1S/C24H44O8P2S2/c1-15(2)19(31-35(25,26)27)13-23(17(5)6)33-21-11-9-10-12-22(21)34-24(18(7)8)14-20(16(3)4)32-36(28,29)30/h9-12,15-20,23-24,33-34H,13-14H2,1-8H3,(H,25,26,27)(H,28,29,30)/t19-,20-,23+,24+/m0/s1. The molecule has 0 saturated heterocycles. The fourth-order valence-corrected chi connectivity index (χ4v) is 8.48. The van der Waals surface area contributed by atoms with Crippen LogP contribution in [0.4, 0.5) is 0 Å². The maximum atomic E-state index is 11.4. The number of hydrogen-bond donors (Lipinski definition) is 2. The van der Waals surface area contributed by atoms with Gasteiger partial charge in [0.05, 0.1) is 12.2 Å². The molecule has 0 heterocycles. The lowest BCUT2D eigenvalue weighted by molar-refractivity contribution is 0.125. The highest BCUT2D eigenvalue weighted by Gasteiger charge is 2.29. The molecule has 2 unspecified atom stereocenters. The van der Waals surface area contributed by atoms with Crippen molar-refractivity contribution in [2.75, 3.05) is 0 Å². The monoisotopic (exact) mass is 586 g/mol. The first-order valence-electron chi connectivity index (χ1n) is 12.3. The first-order chi connectivity index (χ1) is 16.4. The van der Waals surface area contributed by atoms with Crippen molar-refractivity contribution < 1.29 is 34.3 Å². The Morgan fingerprint density at radius 2 is 0.944 bits per heavy atom. The van der Waals surface area contributed by atoms with Crippen molar-refractivity contribution in [3.05, 3.63) is 24.3 Å². The molecule has 1 aromatic rings. The van der Waals surface area contributed by atoms with Crippen LogP contribution in [0.3, 0.4) is 0 Å². The Morgan fingerprint density at radius 3 is 1.17 bits per heavy atom. The van der Waals surface area contributed by atoms with Crippen LogP contribution in [0, 0.1) is 23.7 Å². The summed E-state index contributed by atoms with van der Waals surface area (Å²) in [5.74, 6) is 0.355. The smallest absolute Gasteiger partial charge is 0.264 e. The molecule has 1 aromatic carbocycles. The van der Waals surface area contributed by atoms with E-state index in [0.717, 1.165) is 0 Å². The van der Waals surface area contributed by atoms with Crippen molar-refractivity contribution in [3.63, 3.8) is 0 Å². The Kier molecular flexibility index (Phi) is 13.9. The van der Waals surface area contributed by atoms with Gasteiger partial charge < -0.3 is 0 Å². The Morgan fingerprint density at radius 1 is 0.639 bits per heavy atom. The predicted molar refractivity (Wildman–Crippen MR) is 151 cm³/mol. The van der Waals surface area contributed by atoms with Crippen LogP contribution in [0.25, 0.3) is 0 Å². The summed E-state index contributed by atoms with van der Waals surface area (Å²) in [4.78, 5) is 0. The van der Waals surface area contributed by atoms with E-state index in [1.54, 1.807) is 0 Å². The number of hydrogen-bond acceptors (Lipinski definition) is 6. The van der Waals surface area contributed by atoms with Gasteiger partial charge in [0.25, 0.3) is 0 Å². The van der Waals surface area contributed by atoms with E-state index < -0.39 is 33.0 Å². The van der Waals surface area contributed by atoms with E-state index in [9.17, 15) is 25.9 Å². The Labute approximate surface area is 222 Å². The van der Waals surface area contributed by atoms with Crippen molar-refractivity contribution in [1.29, 1.82) is 0 Å². The van der Waals surface area contributed by atoms with Crippen LogP contribution < -0.4 is 10.6 Å². The van der Waals surface area contributed by atoms with Gasteiger partial charge in [-0.1, -0.05) is 96.8 Å². The zero-order valence-electron chi connectivity index (χ0n) is 22.5. The molecule has 0 aromatic heterocycles. The first kappa shape index (κ1) is 33.8. The van der Waals surface area contributed by atoms with Crippen LogP contribution in [0.5, 0.6) is 0 Å². The summed E-state index contributed by atoms with van der Waals surface area (Å²) < 4.78 is 74.1. The average Bonchev–Trinajstić information content (AvgIpc) is 2.70. The second-order valence-corrected chi connectivity index (χ2v) is 15.9. The van der Waals surface area contributed by atoms with Crippen LogP contribution in [-0.2, 0) is 29.2 Å². The lowest BCUT2D eigenvalue weighted by atomic mass is 9.97. The first-order valence-corrected chi connectivity index (χ1v) is 17.2. The van der Waals surface area contributed by atoms with Crippen LogP contribution in [0.2, 0.25) is 0 Å². The normalized spacial score (nSPS) is 17.3. The highest BCUT2D eigenvalue weighted by molar-refractivity contribution is 7.81. The molecule has 0 radical (unpaired) electrons. The van der Waals surface area contributed by atoms with E-state index in [0.29, 0.717) is 30.0 Å². The number of rotatable bonds is 16. The van der Waals surface area contributed by atoms with Crippen LogP contribution in [0.15, 0.2) is 24.3 Å². The Hall–Kier alpha value is -0.180. The molecule has 0 spiro atoms. The number of benzene rings is 1. The molecule has 8 nitrogen and oxygen atoms in total. The summed E-state index contributed by atoms with van der Waals surface area (Å²) in [7, 11) is -8.28. The maximum Gasteiger partial charge on any atom is 0.397 e. The summed E-state index contributed by atoms with van der Waals surface area (Å²) in [6.07, 6.45) is -0.253. The second-order valence-electron chi connectivity index (χ2n) is 10.6. The molecule has 6 atom stereocenters. The highest BCUT2D eigenvalue weighted by Crippen LogP contribution is 2.36. The molecule has 12 heteroatoms. The van der Waals surface area contributed by atoms with Crippen molar-refractivity contribution in [3.8, 4) is 0 Å². The predicted octanol–water partition coefficient (Wildman–Crippen LogP) is 4.81. The van der Waals surface area contributed by atoms with Crippen LogP contribution >= 0.6 is 17.2 Å². The molecule has 0 amide bonds. The Bertz CT molecular complexity index is 930.